The number of thiazole rings is 1. The molecule has 0 aliphatic rings. The molecule has 0 radical (unpaired) electrons. The second kappa shape index (κ2) is 9.23. The lowest BCUT2D eigenvalue weighted by molar-refractivity contribution is -0.120. The number of carbonyl (C=O) groups excluding carboxylic acids is 2. The number of aromatic nitrogens is 1. The molecule has 4 rings (SSSR count). The first kappa shape index (κ1) is 19.7. The van der Waals surface area contributed by atoms with E-state index in [1.54, 1.807) is 17.5 Å². The maximum absolute atomic E-state index is 12.1. The zero-order valence-corrected chi connectivity index (χ0v) is 16.8. The van der Waals surface area contributed by atoms with Gasteiger partial charge in [-0.3, -0.25) is 14.9 Å². The monoisotopic (exact) mass is 421 g/mol. The van der Waals surface area contributed by atoms with Crippen LogP contribution in [-0.2, 0) is 11.2 Å². The molecule has 2 N–H and O–H groups in total. The van der Waals surface area contributed by atoms with Crippen molar-refractivity contribution in [1.82, 2.24) is 10.3 Å². The molecule has 8 heteroatoms. The second-order valence-corrected chi connectivity index (χ2v) is 7.29. The first-order valence-corrected chi connectivity index (χ1v) is 10.2. The molecular formula is C22H19N3O4S. The Hall–Kier alpha value is -3.65. The number of fused-ring (bicyclic) bond motifs is 1. The summed E-state index contributed by atoms with van der Waals surface area (Å²) in [5.41, 5.74) is 0.585. The van der Waals surface area contributed by atoms with Gasteiger partial charge in [-0.15, -0.1) is 11.3 Å². The van der Waals surface area contributed by atoms with E-state index < -0.39 is 0 Å². The van der Waals surface area contributed by atoms with Crippen LogP contribution in [-0.4, -0.2) is 29.9 Å². The van der Waals surface area contributed by atoms with Crippen LogP contribution in [0.3, 0.4) is 0 Å². The highest BCUT2D eigenvalue weighted by Gasteiger charge is 2.12. The molecule has 0 fully saturated rings. The maximum atomic E-state index is 12.1. The lowest BCUT2D eigenvalue weighted by Gasteiger charge is -2.10. The van der Waals surface area contributed by atoms with E-state index in [0.717, 1.165) is 16.5 Å². The van der Waals surface area contributed by atoms with Crippen LogP contribution in [0.25, 0.3) is 10.8 Å². The molecule has 4 aromatic rings. The molecule has 0 spiro atoms. The molecule has 0 unspecified atom stereocenters. The van der Waals surface area contributed by atoms with Crippen LogP contribution < -0.4 is 15.4 Å². The van der Waals surface area contributed by atoms with Crippen LogP contribution in [0.1, 0.15) is 16.2 Å². The van der Waals surface area contributed by atoms with E-state index >= 15 is 0 Å². The largest absolute Gasteiger partial charge is 0.491 e. The summed E-state index contributed by atoms with van der Waals surface area (Å²) in [5, 5.41) is 9.77. The van der Waals surface area contributed by atoms with Crippen molar-refractivity contribution < 1.29 is 18.7 Å². The molecule has 2 aromatic carbocycles. The molecule has 0 bridgehead atoms. The number of benzene rings is 2. The average Bonchev–Trinajstić information content (AvgIpc) is 3.44. The Bertz CT molecular complexity index is 1150. The van der Waals surface area contributed by atoms with Gasteiger partial charge in [-0.25, -0.2) is 4.98 Å². The minimum atomic E-state index is -0.379. The van der Waals surface area contributed by atoms with Crippen molar-refractivity contribution in [1.29, 1.82) is 0 Å². The van der Waals surface area contributed by atoms with Gasteiger partial charge in [0.2, 0.25) is 5.91 Å². The third-order valence-electron chi connectivity index (χ3n) is 4.29. The summed E-state index contributed by atoms with van der Waals surface area (Å²) in [6.45, 7) is 0.746. The Kier molecular flexibility index (Phi) is 6.05. The summed E-state index contributed by atoms with van der Waals surface area (Å²) in [4.78, 5) is 28.4. The van der Waals surface area contributed by atoms with Crippen molar-refractivity contribution in [3.8, 4) is 5.75 Å². The summed E-state index contributed by atoms with van der Waals surface area (Å²) in [5.74, 6) is 0.455. The molecule has 0 aliphatic heterocycles. The number of hydrogen-bond donors (Lipinski definition) is 2. The molecule has 2 aromatic heterocycles. The van der Waals surface area contributed by atoms with Crippen molar-refractivity contribution in [3.63, 3.8) is 0 Å². The fourth-order valence-corrected chi connectivity index (χ4v) is 3.62. The van der Waals surface area contributed by atoms with E-state index in [4.69, 9.17) is 9.15 Å². The van der Waals surface area contributed by atoms with Gasteiger partial charge in [-0.2, -0.15) is 0 Å². The van der Waals surface area contributed by atoms with Gasteiger partial charge in [0.1, 0.15) is 12.4 Å². The maximum Gasteiger partial charge on any atom is 0.293 e. The van der Waals surface area contributed by atoms with Crippen molar-refractivity contribution in [2.24, 2.45) is 0 Å². The highest BCUT2D eigenvalue weighted by atomic mass is 32.1. The summed E-state index contributed by atoms with van der Waals surface area (Å²) >= 11 is 1.25. The first-order valence-electron chi connectivity index (χ1n) is 9.35. The lowest BCUT2D eigenvalue weighted by Crippen LogP contribution is -2.29. The van der Waals surface area contributed by atoms with Gasteiger partial charge >= 0.3 is 0 Å². The number of nitrogens with one attached hydrogen (secondary N) is 2. The fraction of sp³-hybridized carbons (Fsp3) is 0.136. The zero-order chi connectivity index (χ0) is 20.8. The van der Waals surface area contributed by atoms with Crippen LogP contribution in [0.5, 0.6) is 5.75 Å². The predicted molar refractivity (Wildman–Crippen MR) is 115 cm³/mol. The summed E-state index contributed by atoms with van der Waals surface area (Å²) < 4.78 is 10.9. The molecule has 152 valence electrons. The summed E-state index contributed by atoms with van der Waals surface area (Å²) in [6.07, 6.45) is 1.55. The third-order valence-corrected chi connectivity index (χ3v) is 5.10. The molecule has 0 saturated heterocycles. The molecular weight excluding hydrogens is 402 g/mol. The Morgan fingerprint density at radius 2 is 1.93 bits per heavy atom. The molecule has 30 heavy (non-hydrogen) atoms. The van der Waals surface area contributed by atoms with Crippen LogP contribution in [0, 0.1) is 0 Å². The Morgan fingerprint density at radius 3 is 2.80 bits per heavy atom. The van der Waals surface area contributed by atoms with E-state index in [1.807, 2.05) is 42.5 Å². The molecule has 0 aliphatic carbocycles. The van der Waals surface area contributed by atoms with Crippen LogP contribution in [0.2, 0.25) is 0 Å². The van der Waals surface area contributed by atoms with E-state index in [9.17, 15) is 9.59 Å². The topological polar surface area (TPSA) is 93.5 Å². The number of rotatable bonds is 8. The average molecular weight is 421 g/mol. The number of amides is 2. The predicted octanol–water partition coefficient (Wildman–Crippen LogP) is 3.88. The highest BCUT2D eigenvalue weighted by Crippen LogP contribution is 2.24. The van der Waals surface area contributed by atoms with Gasteiger partial charge in [0.05, 0.1) is 24.9 Å². The fourth-order valence-electron chi connectivity index (χ4n) is 2.91. The van der Waals surface area contributed by atoms with E-state index in [0.29, 0.717) is 24.0 Å². The van der Waals surface area contributed by atoms with E-state index in [1.165, 1.54) is 17.6 Å². The van der Waals surface area contributed by atoms with Crippen LogP contribution in [0.4, 0.5) is 5.13 Å². The summed E-state index contributed by atoms with van der Waals surface area (Å²) in [6, 6.07) is 17.1. The number of anilines is 1. The molecule has 7 nitrogen and oxygen atoms in total. The Labute approximate surface area is 176 Å². The van der Waals surface area contributed by atoms with Crippen molar-refractivity contribution in [2.75, 3.05) is 18.5 Å². The number of ether oxygens (including phenoxy) is 1. The van der Waals surface area contributed by atoms with Crippen molar-refractivity contribution >= 4 is 39.1 Å². The van der Waals surface area contributed by atoms with Crippen LogP contribution in [0.15, 0.2) is 70.7 Å². The molecule has 2 amide bonds. The smallest absolute Gasteiger partial charge is 0.293 e. The normalized spacial score (nSPS) is 10.7. The van der Waals surface area contributed by atoms with Gasteiger partial charge in [-0.05, 0) is 23.6 Å². The molecule has 0 saturated carbocycles. The number of hydrogen-bond acceptors (Lipinski definition) is 6. The quantitative estimate of drug-likeness (QED) is 0.421. The standard InChI is InChI=1S/C22H19N3O4S/c26-20(13-16-14-30-22(24-16)25-21(27)19-9-4-11-28-19)23-10-12-29-18-8-3-6-15-5-1-2-7-17(15)18/h1-9,11,14H,10,12-13H2,(H,23,26)(H,24,25,27). The van der Waals surface area contributed by atoms with Gasteiger partial charge in [0.25, 0.3) is 5.91 Å². The minimum absolute atomic E-state index is 0.126. The zero-order valence-electron chi connectivity index (χ0n) is 16.0. The van der Waals surface area contributed by atoms with E-state index in [2.05, 4.69) is 15.6 Å². The highest BCUT2D eigenvalue weighted by molar-refractivity contribution is 7.14. The summed E-state index contributed by atoms with van der Waals surface area (Å²) in [7, 11) is 0. The van der Waals surface area contributed by atoms with Gasteiger partial charge < -0.3 is 14.5 Å². The van der Waals surface area contributed by atoms with E-state index in [-0.39, 0.29) is 24.0 Å². The SMILES string of the molecule is O=C(Cc1csc(NC(=O)c2ccco2)n1)NCCOc1cccc2ccccc12. The Morgan fingerprint density at radius 1 is 1.07 bits per heavy atom. The molecule has 0 atom stereocenters. The Balaban J connectivity index is 1.22. The third kappa shape index (κ3) is 4.84. The van der Waals surface area contributed by atoms with Crippen LogP contribution >= 0.6 is 11.3 Å². The first-order chi connectivity index (χ1) is 14.7. The number of furan rings is 1. The van der Waals surface area contributed by atoms with Gasteiger partial charge in [0.15, 0.2) is 10.9 Å². The second-order valence-electron chi connectivity index (χ2n) is 6.43. The molecule has 2 heterocycles. The van der Waals surface area contributed by atoms with Crippen molar-refractivity contribution in [2.45, 2.75) is 6.42 Å². The van der Waals surface area contributed by atoms with Gasteiger partial charge in [-0.1, -0.05) is 36.4 Å². The number of nitrogens with zero attached hydrogens (tertiary/aromatic N) is 1. The minimum Gasteiger partial charge on any atom is -0.491 e. The number of carbonyl (C=O) groups is 2. The lowest BCUT2D eigenvalue weighted by atomic mass is 10.1. The van der Waals surface area contributed by atoms with Gasteiger partial charge in [0, 0.05) is 10.8 Å². The van der Waals surface area contributed by atoms with Crippen molar-refractivity contribution in [3.05, 3.63) is 77.7 Å².